The number of nitro benzene ring substituents is 1. The molecule has 1 aromatic rings. The molecule has 0 radical (unpaired) electrons. The molecule has 0 aliphatic rings. The molecule has 7 heteroatoms. The van der Waals surface area contributed by atoms with Gasteiger partial charge in [-0.15, -0.1) is 0 Å². The number of amides is 1. The summed E-state index contributed by atoms with van der Waals surface area (Å²) in [6.07, 6.45) is 0. The monoisotopic (exact) mass is 297 g/mol. The molecule has 20 heavy (non-hydrogen) atoms. The molecule has 110 valence electrons. The van der Waals surface area contributed by atoms with Crippen molar-refractivity contribution in [1.29, 1.82) is 0 Å². The summed E-state index contributed by atoms with van der Waals surface area (Å²) >= 11 is 1.74. The van der Waals surface area contributed by atoms with Crippen molar-refractivity contribution in [3.05, 3.63) is 33.9 Å². The standard InChI is InChI=1S/C13H19N3O3S/c1-4-20-8-9(2)15(3)13(17)11-7-10(16(18)19)5-6-12(11)14/h5-7,9H,4,8,14H2,1-3H3/t9-/m1/s1. The Bertz CT molecular complexity index is 508. The summed E-state index contributed by atoms with van der Waals surface area (Å²) in [4.78, 5) is 24.2. The Morgan fingerprint density at radius 1 is 1.55 bits per heavy atom. The number of thioether (sulfide) groups is 1. The van der Waals surface area contributed by atoms with E-state index in [4.69, 9.17) is 5.73 Å². The fraction of sp³-hybridized carbons (Fsp3) is 0.462. The number of hydrogen-bond donors (Lipinski definition) is 1. The zero-order chi connectivity index (χ0) is 15.3. The van der Waals surface area contributed by atoms with Crippen molar-refractivity contribution in [3.63, 3.8) is 0 Å². The van der Waals surface area contributed by atoms with Gasteiger partial charge in [0.2, 0.25) is 0 Å². The molecule has 1 atom stereocenters. The molecular formula is C13H19N3O3S. The fourth-order valence-electron chi connectivity index (χ4n) is 1.63. The molecule has 0 aromatic heterocycles. The van der Waals surface area contributed by atoms with Crippen LogP contribution in [-0.4, -0.2) is 40.3 Å². The number of nitrogens with two attached hydrogens (primary N) is 1. The Morgan fingerprint density at radius 3 is 2.75 bits per heavy atom. The van der Waals surface area contributed by atoms with E-state index in [9.17, 15) is 14.9 Å². The van der Waals surface area contributed by atoms with Gasteiger partial charge in [-0.25, -0.2) is 0 Å². The lowest BCUT2D eigenvalue weighted by molar-refractivity contribution is -0.384. The summed E-state index contributed by atoms with van der Waals surface area (Å²) in [7, 11) is 1.68. The van der Waals surface area contributed by atoms with E-state index in [-0.39, 0.29) is 28.9 Å². The Kier molecular flexibility index (Phi) is 5.82. The predicted octanol–water partition coefficient (Wildman–Crippen LogP) is 2.39. The van der Waals surface area contributed by atoms with E-state index in [0.717, 1.165) is 11.5 Å². The van der Waals surface area contributed by atoms with Gasteiger partial charge in [-0.1, -0.05) is 6.92 Å². The van der Waals surface area contributed by atoms with E-state index in [0.29, 0.717) is 0 Å². The van der Waals surface area contributed by atoms with Crippen LogP contribution >= 0.6 is 11.8 Å². The molecule has 0 unspecified atom stereocenters. The van der Waals surface area contributed by atoms with Crippen molar-refractivity contribution in [2.24, 2.45) is 0 Å². The van der Waals surface area contributed by atoms with Gasteiger partial charge >= 0.3 is 0 Å². The van der Waals surface area contributed by atoms with Crippen LogP contribution < -0.4 is 5.73 Å². The van der Waals surface area contributed by atoms with Gasteiger partial charge in [0, 0.05) is 36.7 Å². The van der Waals surface area contributed by atoms with E-state index in [1.54, 1.807) is 23.7 Å². The van der Waals surface area contributed by atoms with E-state index in [1.807, 2.05) is 6.92 Å². The lowest BCUT2D eigenvalue weighted by Gasteiger charge is -2.25. The third kappa shape index (κ3) is 3.86. The van der Waals surface area contributed by atoms with Gasteiger partial charge < -0.3 is 10.6 Å². The van der Waals surface area contributed by atoms with Crippen LogP contribution in [0, 0.1) is 10.1 Å². The summed E-state index contributed by atoms with van der Waals surface area (Å²) in [6, 6.07) is 3.95. The van der Waals surface area contributed by atoms with E-state index in [1.165, 1.54) is 18.2 Å². The van der Waals surface area contributed by atoms with Crippen LogP contribution in [0.4, 0.5) is 11.4 Å². The summed E-state index contributed by atoms with van der Waals surface area (Å²) in [5.41, 5.74) is 6.05. The first kappa shape index (κ1) is 16.3. The number of anilines is 1. The van der Waals surface area contributed by atoms with Gasteiger partial charge in [-0.3, -0.25) is 14.9 Å². The maximum Gasteiger partial charge on any atom is 0.270 e. The second-order valence-electron chi connectivity index (χ2n) is 4.45. The highest BCUT2D eigenvalue weighted by atomic mass is 32.2. The van der Waals surface area contributed by atoms with E-state index < -0.39 is 4.92 Å². The summed E-state index contributed by atoms with van der Waals surface area (Å²) in [5.74, 6) is 1.49. The largest absolute Gasteiger partial charge is 0.398 e. The number of nitro groups is 1. The van der Waals surface area contributed by atoms with Gasteiger partial charge in [0.05, 0.1) is 10.5 Å². The summed E-state index contributed by atoms with van der Waals surface area (Å²) < 4.78 is 0. The van der Waals surface area contributed by atoms with Crippen LogP contribution in [0.3, 0.4) is 0 Å². The van der Waals surface area contributed by atoms with Crippen molar-refractivity contribution in [2.45, 2.75) is 19.9 Å². The van der Waals surface area contributed by atoms with E-state index in [2.05, 4.69) is 6.92 Å². The van der Waals surface area contributed by atoms with Gasteiger partial charge in [0.1, 0.15) is 0 Å². The Morgan fingerprint density at radius 2 is 2.20 bits per heavy atom. The van der Waals surface area contributed by atoms with Gasteiger partial charge in [-0.2, -0.15) is 11.8 Å². The number of nitrogens with zero attached hydrogens (tertiary/aromatic N) is 2. The molecule has 0 aliphatic carbocycles. The fourth-order valence-corrected chi connectivity index (χ4v) is 2.43. The number of carbonyl (C=O) groups excluding carboxylic acids is 1. The minimum Gasteiger partial charge on any atom is -0.398 e. The van der Waals surface area contributed by atoms with Crippen molar-refractivity contribution >= 4 is 29.0 Å². The average Bonchev–Trinajstić information content (AvgIpc) is 2.43. The van der Waals surface area contributed by atoms with Crippen molar-refractivity contribution in [3.8, 4) is 0 Å². The second kappa shape index (κ2) is 7.14. The molecule has 0 bridgehead atoms. The Labute approximate surface area is 122 Å². The molecule has 2 N–H and O–H groups in total. The highest BCUT2D eigenvalue weighted by Gasteiger charge is 2.21. The normalized spacial score (nSPS) is 11.9. The molecule has 1 amide bonds. The number of nitrogen functional groups attached to an aromatic ring is 1. The first-order chi connectivity index (χ1) is 9.38. The van der Waals surface area contributed by atoms with Crippen molar-refractivity contribution in [2.75, 3.05) is 24.3 Å². The molecule has 1 rings (SSSR count). The van der Waals surface area contributed by atoms with Gasteiger partial charge in [0.25, 0.3) is 11.6 Å². The van der Waals surface area contributed by atoms with Crippen LogP contribution in [0.25, 0.3) is 0 Å². The zero-order valence-electron chi connectivity index (χ0n) is 11.8. The molecule has 0 spiro atoms. The molecule has 0 heterocycles. The van der Waals surface area contributed by atoms with E-state index >= 15 is 0 Å². The highest BCUT2D eigenvalue weighted by Crippen LogP contribution is 2.22. The van der Waals surface area contributed by atoms with Crippen LogP contribution in [0.2, 0.25) is 0 Å². The maximum absolute atomic E-state index is 12.4. The maximum atomic E-state index is 12.4. The highest BCUT2D eigenvalue weighted by molar-refractivity contribution is 7.99. The van der Waals surface area contributed by atoms with Crippen molar-refractivity contribution < 1.29 is 9.72 Å². The summed E-state index contributed by atoms with van der Waals surface area (Å²) in [6.45, 7) is 3.99. The molecule has 0 aliphatic heterocycles. The number of hydrogen-bond acceptors (Lipinski definition) is 5. The zero-order valence-corrected chi connectivity index (χ0v) is 12.6. The molecule has 0 saturated carbocycles. The lowest BCUT2D eigenvalue weighted by atomic mass is 10.1. The molecule has 6 nitrogen and oxygen atoms in total. The number of non-ortho nitro benzene ring substituents is 1. The Hall–Kier alpha value is -1.76. The third-order valence-corrected chi connectivity index (χ3v) is 4.15. The Balaban J connectivity index is 2.96. The topological polar surface area (TPSA) is 89.5 Å². The van der Waals surface area contributed by atoms with Crippen LogP contribution in [0.15, 0.2) is 18.2 Å². The lowest BCUT2D eigenvalue weighted by Crippen LogP contribution is -2.37. The van der Waals surface area contributed by atoms with Crippen LogP contribution in [0.5, 0.6) is 0 Å². The van der Waals surface area contributed by atoms with Crippen molar-refractivity contribution in [1.82, 2.24) is 4.90 Å². The second-order valence-corrected chi connectivity index (χ2v) is 5.77. The minimum atomic E-state index is -0.535. The van der Waals surface area contributed by atoms with Crippen LogP contribution in [-0.2, 0) is 0 Å². The third-order valence-electron chi connectivity index (χ3n) is 3.02. The van der Waals surface area contributed by atoms with Gasteiger partial charge in [0.15, 0.2) is 0 Å². The molecule has 1 aromatic carbocycles. The molecule has 0 fully saturated rings. The number of carbonyl (C=O) groups is 1. The smallest absolute Gasteiger partial charge is 0.270 e. The quantitative estimate of drug-likeness (QED) is 0.494. The first-order valence-electron chi connectivity index (χ1n) is 6.27. The van der Waals surface area contributed by atoms with Crippen LogP contribution in [0.1, 0.15) is 24.2 Å². The summed E-state index contributed by atoms with van der Waals surface area (Å²) in [5, 5.41) is 10.8. The molecule has 0 saturated heterocycles. The average molecular weight is 297 g/mol. The van der Waals surface area contributed by atoms with Gasteiger partial charge in [-0.05, 0) is 18.7 Å². The number of rotatable bonds is 6. The molecular weight excluding hydrogens is 278 g/mol. The minimum absolute atomic E-state index is 0.0334. The number of benzene rings is 1. The SMILES string of the molecule is CCSC[C@@H](C)N(C)C(=O)c1cc([N+](=O)[O-])ccc1N. The predicted molar refractivity (Wildman–Crippen MR) is 82.1 cm³/mol. The first-order valence-corrected chi connectivity index (χ1v) is 7.42.